The first-order valence-electron chi connectivity index (χ1n) is 11.3. The van der Waals surface area contributed by atoms with Gasteiger partial charge in [0.1, 0.15) is 11.4 Å². The number of carboxylic acids is 1. The lowest BCUT2D eigenvalue weighted by atomic mass is 9.97. The minimum Gasteiger partial charge on any atom is -0.493 e. The number of fused-ring (bicyclic) bond motifs is 1. The molecular weight excluding hydrogens is 470 g/mol. The quantitative estimate of drug-likeness (QED) is 0.174. The van der Waals surface area contributed by atoms with E-state index in [1.807, 2.05) is 48.5 Å². The third-order valence-corrected chi connectivity index (χ3v) is 7.01. The molecule has 3 aromatic carbocycles. The Hall–Kier alpha value is -2.96. The molecule has 0 saturated heterocycles. The van der Waals surface area contributed by atoms with Crippen LogP contribution in [-0.2, 0) is 17.6 Å². The van der Waals surface area contributed by atoms with Gasteiger partial charge in [-0.05, 0) is 48.7 Å². The van der Waals surface area contributed by atoms with Crippen molar-refractivity contribution in [2.24, 2.45) is 0 Å². The average Bonchev–Trinajstić information content (AvgIpc) is 3.25. The largest absolute Gasteiger partial charge is 0.493 e. The van der Waals surface area contributed by atoms with Crippen LogP contribution >= 0.6 is 23.4 Å². The molecule has 4 aromatic rings. The van der Waals surface area contributed by atoms with Gasteiger partial charge >= 0.3 is 5.97 Å². The van der Waals surface area contributed by atoms with Crippen LogP contribution in [0.25, 0.3) is 22.2 Å². The fourth-order valence-corrected chi connectivity index (χ4v) is 5.09. The van der Waals surface area contributed by atoms with Crippen molar-refractivity contribution >= 4 is 40.3 Å². The number of aliphatic carboxylic acids is 1. The lowest BCUT2D eigenvalue weighted by Gasteiger charge is -2.14. The van der Waals surface area contributed by atoms with E-state index < -0.39 is 5.97 Å². The van der Waals surface area contributed by atoms with Crippen molar-refractivity contribution in [3.8, 4) is 17.0 Å². The van der Waals surface area contributed by atoms with Gasteiger partial charge in [-0.1, -0.05) is 60.4 Å². The molecule has 0 amide bonds. The molecule has 0 aliphatic rings. The SMILES string of the molecule is CCCc1c(OCCCSc2ccc(CC(=O)O)cc2Cl)cccc1-c1noc2ccccc12. The summed E-state index contributed by atoms with van der Waals surface area (Å²) >= 11 is 7.97. The summed E-state index contributed by atoms with van der Waals surface area (Å²) in [6.07, 6.45) is 2.71. The van der Waals surface area contributed by atoms with E-state index in [4.69, 9.17) is 26.0 Å². The molecule has 176 valence electrons. The van der Waals surface area contributed by atoms with Crippen molar-refractivity contribution in [1.82, 2.24) is 5.16 Å². The maximum atomic E-state index is 10.9. The zero-order valence-electron chi connectivity index (χ0n) is 18.9. The normalized spacial score (nSPS) is 11.1. The van der Waals surface area contributed by atoms with Crippen molar-refractivity contribution in [2.75, 3.05) is 12.4 Å². The summed E-state index contributed by atoms with van der Waals surface area (Å²) in [5.41, 5.74) is 4.52. The number of halogens is 1. The Kier molecular flexibility index (Phi) is 8.14. The van der Waals surface area contributed by atoms with Gasteiger partial charge in [0, 0.05) is 27.2 Å². The molecule has 0 fully saturated rings. The van der Waals surface area contributed by atoms with Crippen LogP contribution in [0.15, 0.2) is 70.1 Å². The molecule has 1 N–H and O–H groups in total. The van der Waals surface area contributed by atoms with Gasteiger partial charge in [0.15, 0.2) is 5.58 Å². The number of rotatable bonds is 11. The first kappa shape index (κ1) is 24.2. The van der Waals surface area contributed by atoms with E-state index in [1.54, 1.807) is 17.8 Å². The molecule has 0 atom stereocenters. The molecule has 7 heteroatoms. The second kappa shape index (κ2) is 11.4. The summed E-state index contributed by atoms with van der Waals surface area (Å²) in [5.74, 6) is 0.860. The summed E-state index contributed by atoms with van der Waals surface area (Å²) in [4.78, 5) is 11.8. The van der Waals surface area contributed by atoms with Crippen LogP contribution in [0, 0.1) is 0 Å². The molecule has 4 rings (SSSR count). The van der Waals surface area contributed by atoms with E-state index in [9.17, 15) is 4.79 Å². The van der Waals surface area contributed by atoms with E-state index in [2.05, 4.69) is 18.1 Å². The van der Waals surface area contributed by atoms with Gasteiger partial charge in [0.05, 0.1) is 18.1 Å². The Morgan fingerprint density at radius 1 is 1.15 bits per heavy atom. The van der Waals surface area contributed by atoms with Crippen molar-refractivity contribution in [2.45, 2.75) is 37.5 Å². The number of aromatic nitrogens is 1. The third-order valence-electron chi connectivity index (χ3n) is 5.42. The van der Waals surface area contributed by atoms with Crippen LogP contribution in [-0.4, -0.2) is 28.6 Å². The molecule has 0 unspecified atom stereocenters. The molecule has 34 heavy (non-hydrogen) atoms. The number of ether oxygens (including phenoxy) is 1. The number of benzene rings is 3. The van der Waals surface area contributed by atoms with Crippen molar-refractivity contribution in [3.63, 3.8) is 0 Å². The van der Waals surface area contributed by atoms with Crippen LogP contribution < -0.4 is 4.74 Å². The molecule has 0 spiro atoms. The molecule has 5 nitrogen and oxygen atoms in total. The monoisotopic (exact) mass is 495 g/mol. The molecule has 0 radical (unpaired) electrons. The Morgan fingerprint density at radius 2 is 2.00 bits per heavy atom. The van der Waals surface area contributed by atoms with E-state index in [0.29, 0.717) is 17.2 Å². The number of nitrogens with zero attached hydrogens (tertiary/aromatic N) is 1. The standard InChI is InChI=1S/C27H26ClNO4S/c1-2-7-19-20(27-21-8-3-4-10-24(21)33-29-27)9-5-11-23(19)32-14-6-15-34-25-13-12-18(16-22(25)28)17-26(30)31/h3-5,8-13,16H,2,6-7,14-15,17H2,1H3,(H,30,31). The van der Waals surface area contributed by atoms with Gasteiger partial charge in [-0.3, -0.25) is 4.79 Å². The summed E-state index contributed by atoms with van der Waals surface area (Å²) in [6, 6.07) is 19.4. The zero-order chi connectivity index (χ0) is 23.9. The predicted octanol–water partition coefficient (Wildman–Crippen LogP) is 7.29. The van der Waals surface area contributed by atoms with E-state index in [1.165, 1.54) is 0 Å². The van der Waals surface area contributed by atoms with Gasteiger partial charge in [-0.2, -0.15) is 0 Å². The maximum absolute atomic E-state index is 10.9. The van der Waals surface area contributed by atoms with E-state index >= 15 is 0 Å². The summed E-state index contributed by atoms with van der Waals surface area (Å²) in [6.45, 7) is 2.74. The third kappa shape index (κ3) is 5.75. The first-order valence-corrected chi connectivity index (χ1v) is 12.7. The average molecular weight is 496 g/mol. The minimum atomic E-state index is -0.864. The summed E-state index contributed by atoms with van der Waals surface area (Å²) in [5, 5.41) is 14.9. The van der Waals surface area contributed by atoms with Crippen LogP contribution in [0.4, 0.5) is 0 Å². The molecule has 0 saturated carbocycles. The molecule has 0 bridgehead atoms. The van der Waals surface area contributed by atoms with Gasteiger partial charge < -0.3 is 14.4 Å². The van der Waals surface area contributed by atoms with Gasteiger partial charge in [0.2, 0.25) is 0 Å². The Labute approximate surface area is 208 Å². The van der Waals surface area contributed by atoms with Crippen LogP contribution in [0.2, 0.25) is 5.02 Å². The topological polar surface area (TPSA) is 72.6 Å². The van der Waals surface area contributed by atoms with Crippen molar-refractivity contribution in [1.29, 1.82) is 0 Å². The number of carbonyl (C=O) groups is 1. The van der Waals surface area contributed by atoms with Crippen LogP contribution in [0.5, 0.6) is 5.75 Å². The Balaban J connectivity index is 1.40. The van der Waals surface area contributed by atoms with Gasteiger partial charge in [-0.15, -0.1) is 11.8 Å². The molecule has 0 aliphatic carbocycles. The van der Waals surface area contributed by atoms with Crippen molar-refractivity contribution in [3.05, 3.63) is 76.8 Å². The Morgan fingerprint density at radius 3 is 2.79 bits per heavy atom. The summed E-state index contributed by atoms with van der Waals surface area (Å²) < 4.78 is 11.7. The maximum Gasteiger partial charge on any atom is 0.307 e. The van der Waals surface area contributed by atoms with E-state index in [-0.39, 0.29) is 6.42 Å². The molecular formula is C27H26ClNO4S. The zero-order valence-corrected chi connectivity index (χ0v) is 20.5. The highest BCUT2D eigenvalue weighted by Gasteiger charge is 2.16. The van der Waals surface area contributed by atoms with Gasteiger partial charge in [-0.25, -0.2) is 0 Å². The van der Waals surface area contributed by atoms with E-state index in [0.717, 1.165) is 63.5 Å². The van der Waals surface area contributed by atoms with Crippen LogP contribution in [0.1, 0.15) is 30.9 Å². The highest BCUT2D eigenvalue weighted by atomic mass is 35.5. The number of hydrogen-bond acceptors (Lipinski definition) is 5. The Bertz CT molecular complexity index is 1290. The fourth-order valence-electron chi connectivity index (χ4n) is 3.88. The van der Waals surface area contributed by atoms with Crippen LogP contribution in [0.3, 0.4) is 0 Å². The number of hydrogen-bond donors (Lipinski definition) is 1. The lowest BCUT2D eigenvalue weighted by molar-refractivity contribution is -0.136. The fraction of sp³-hybridized carbons (Fsp3) is 0.259. The second-order valence-corrected chi connectivity index (χ2v) is 9.49. The lowest BCUT2D eigenvalue weighted by Crippen LogP contribution is -2.03. The predicted molar refractivity (Wildman–Crippen MR) is 137 cm³/mol. The van der Waals surface area contributed by atoms with Gasteiger partial charge in [0.25, 0.3) is 0 Å². The second-order valence-electron chi connectivity index (χ2n) is 7.95. The number of thioether (sulfide) groups is 1. The minimum absolute atomic E-state index is 0.0260. The molecule has 1 aromatic heterocycles. The summed E-state index contributed by atoms with van der Waals surface area (Å²) in [7, 11) is 0. The first-order chi connectivity index (χ1) is 16.6. The number of carboxylic acid groups (broad SMARTS) is 1. The number of para-hydroxylation sites is 1. The molecule has 0 aliphatic heterocycles. The highest BCUT2D eigenvalue weighted by Crippen LogP contribution is 2.35. The highest BCUT2D eigenvalue weighted by molar-refractivity contribution is 7.99. The van der Waals surface area contributed by atoms with Crippen molar-refractivity contribution < 1.29 is 19.2 Å². The molecule has 1 heterocycles. The smallest absolute Gasteiger partial charge is 0.307 e.